The van der Waals surface area contributed by atoms with E-state index in [0.29, 0.717) is 13.0 Å². The van der Waals surface area contributed by atoms with Gasteiger partial charge in [0.15, 0.2) is 5.37 Å². The summed E-state index contributed by atoms with van der Waals surface area (Å²) in [5.41, 5.74) is 0. The molecule has 2 bridgehead atoms. The minimum Gasteiger partial charge on any atom is -0.458 e. The Balaban J connectivity index is 2.03. The summed E-state index contributed by atoms with van der Waals surface area (Å²) in [6, 6.07) is 0. The summed E-state index contributed by atoms with van der Waals surface area (Å²) < 4.78 is 5.25. The molecule has 1 spiro atoms. The van der Waals surface area contributed by atoms with E-state index < -0.39 is 22.3 Å². The summed E-state index contributed by atoms with van der Waals surface area (Å²) in [5.74, 6) is -0.618. The van der Waals surface area contributed by atoms with Gasteiger partial charge in [0.1, 0.15) is 6.10 Å². The third kappa shape index (κ3) is 1.30. The van der Waals surface area contributed by atoms with Gasteiger partial charge in [-0.15, -0.1) is 0 Å². The van der Waals surface area contributed by atoms with Crippen molar-refractivity contribution in [2.45, 2.75) is 29.7 Å². The van der Waals surface area contributed by atoms with E-state index in [1.807, 2.05) is 0 Å². The summed E-state index contributed by atoms with van der Waals surface area (Å²) in [4.78, 5) is 37.8. The van der Waals surface area contributed by atoms with Crippen LogP contribution in [0.4, 0.5) is 0 Å². The molecule has 3 atom stereocenters. The van der Waals surface area contributed by atoms with Crippen LogP contribution < -0.4 is 0 Å². The number of piperazine rings is 1. The van der Waals surface area contributed by atoms with Crippen LogP contribution in [-0.2, 0) is 19.1 Å². The molecular weight excluding hydrogens is 276 g/mol. The SMILES string of the molecule is CC(=O)O[C@H]1CCN2C(=O)[C@H]3SS[C@@]12C(=O)N3C. The number of ether oxygens (including phenoxy) is 1. The van der Waals surface area contributed by atoms with Crippen LogP contribution in [0.2, 0.25) is 0 Å². The van der Waals surface area contributed by atoms with Crippen molar-refractivity contribution in [2.24, 2.45) is 0 Å². The van der Waals surface area contributed by atoms with Gasteiger partial charge in [0.25, 0.3) is 11.8 Å². The first kappa shape index (κ1) is 12.2. The van der Waals surface area contributed by atoms with E-state index >= 15 is 0 Å². The Labute approximate surface area is 112 Å². The standard InChI is InChI=1S/C10H12N2O4S2/c1-5(13)16-6-3-4-12-7(14)8-11(2)9(15)10(6,12)18-17-8/h6,8H,3-4H2,1-2H3/t6-,8+,10+/m0/s1. The maximum Gasteiger partial charge on any atom is 0.303 e. The van der Waals surface area contributed by atoms with Gasteiger partial charge >= 0.3 is 5.97 Å². The van der Waals surface area contributed by atoms with Crippen molar-refractivity contribution < 1.29 is 19.1 Å². The second-order valence-corrected chi connectivity index (χ2v) is 7.03. The van der Waals surface area contributed by atoms with Crippen LogP contribution in [-0.4, -0.2) is 57.5 Å². The summed E-state index contributed by atoms with van der Waals surface area (Å²) in [7, 11) is 4.35. The number of hydrogen-bond donors (Lipinski definition) is 0. The van der Waals surface area contributed by atoms with Crippen molar-refractivity contribution in [1.82, 2.24) is 9.80 Å². The van der Waals surface area contributed by atoms with E-state index in [9.17, 15) is 14.4 Å². The summed E-state index contributed by atoms with van der Waals surface area (Å²) in [5, 5.41) is -0.444. The molecule has 0 N–H and O–H groups in total. The highest BCUT2D eigenvalue weighted by molar-refractivity contribution is 8.78. The van der Waals surface area contributed by atoms with Crippen molar-refractivity contribution in [3.8, 4) is 0 Å². The van der Waals surface area contributed by atoms with Crippen molar-refractivity contribution >= 4 is 39.4 Å². The van der Waals surface area contributed by atoms with Gasteiger partial charge in [-0.3, -0.25) is 14.4 Å². The van der Waals surface area contributed by atoms with E-state index in [-0.39, 0.29) is 11.8 Å². The van der Waals surface area contributed by atoms with Crippen molar-refractivity contribution in [3.63, 3.8) is 0 Å². The van der Waals surface area contributed by atoms with Crippen molar-refractivity contribution in [3.05, 3.63) is 0 Å². The molecule has 4 rings (SSSR count). The Hall–Kier alpha value is -0.890. The Bertz CT molecular complexity index is 457. The van der Waals surface area contributed by atoms with Gasteiger partial charge in [-0.1, -0.05) is 10.8 Å². The highest BCUT2D eigenvalue weighted by atomic mass is 33.1. The first-order chi connectivity index (χ1) is 8.48. The molecule has 0 radical (unpaired) electrons. The molecule has 2 amide bonds. The average Bonchev–Trinajstić information content (AvgIpc) is 2.66. The molecule has 4 saturated heterocycles. The van der Waals surface area contributed by atoms with E-state index in [2.05, 4.69) is 0 Å². The number of hydrogen-bond acceptors (Lipinski definition) is 6. The molecule has 4 aliphatic heterocycles. The van der Waals surface area contributed by atoms with Crippen LogP contribution in [0.15, 0.2) is 0 Å². The monoisotopic (exact) mass is 288 g/mol. The number of carbonyl (C=O) groups excluding carboxylic acids is 3. The molecule has 0 aromatic carbocycles. The highest BCUT2D eigenvalue weighted by Crippen LogP contribution is 2.58. The maximum atomic E-state index is 12.4. The molecule has 0 saturated carbocycles. The van der Waals surface area contributed by atoms with Crippen molar-refractivity contribution in [1.29, 1.82) is 0 Å². The zero-order valence-electron chi connectivity index (χ0n) is 9.91. The zero-order valence-corrected chi connectivity index (χ0v) is 11.5. The van der Waals surface area contributed by atoms with E-state index in [0.717, 1.165) is 0 Å². The molecule has 6 nitrogen and oxygen atoms in total. The van der Waals surface area contributed by atoms with Crippen LogP contribution in [0.1, 0.15) is 13.3 Å². The lowest BCUT2D eigenvalue weighted by Crippen LogP contribution is -2.71. The summed E-state index contributed by atoms with van der Waals surface area (Å²) in [6.07, 6.45) is -0.0294. The van der Waals surface area contributed by atoms with Crippen LogP contribution in [0.5, 0.6) is 0 Å². The minimum atomic E-state index is -1.04. The fourth-order valence-corrected chi connectivity index (χ4v) is 6.25. The van der Waals surface area contributed by atoms with Gasteiger partial charge in [-0.05, 0) is 10.8 Å². The number of carbonyl (C=O) groups is 3. The number of fused-ring (bicyclic) bond motifs is 2. The Morgan fingerprint density at radius 2 is 2.22 bits per heavy atom. The lowest BCUT2D eigenvalue weighted by atomic mass is 10.1. The number of likely N-dealkylation sites (N-methyl/N-ethyl adjacent to an activating group) is 1. The molecule has 4 fully saturated rings. The first-order valence-corrected chi connectivity index (χ1v) is 7.80. The van der Waals surface area contributed by atoms with E-state index in [1.165, 1.54) is 33.4 Å². The van der Waals surface area contributed by atoms with Crippen LogP contribution in [0.3, 0.4) is 0 Å². The molecule has 0 aliphatic carbocycles. The molecule has 0 aromatic heterocycles. The van der Waals surface area contributed by atoms with Crippen molar-refractivity contribution in [2.75, 3.05) is 13.6 Å². The Kier molecular flexibility index (Phi) is 2.57. The zero-order chi connectivity index (χ0) is 13.1. The molecule has 8 heteroatoms. The first-order valence-electron chi connectivity index (χ1n) is 5.59. The predicted octanol–water partition coefficient (Wildman–Crippen LogP) is 0.0398. The topological polar surface area (TPSA) is 66.9 Å². The minimum absolute atomic E-state index is 0.0597. The molecule has 18 heavy (non-hydrogen) atoms. The number of amides is 2. The molecule has 0 aromatic rings. The van der Waals surface area contributed by atoms with Gasteiger partial charge in [-0.2, -0.15) is 0 Å². The number of nitrogens with zero attached hydrogens (tertiary/aromatic N) is 2. The second-order valence-electron chi connectivity index (χ2n) is 4.52. The van der Waals surface area contributed by atoms with Gasteiger partial charge in [0, 0.05) is 26.9 Å². The Morgan fingerprint density at radius 1 is 1.50 bits per heavy atom. The van der Waals surface area contributed by atoms with E-state index in [1.54, 1.807) is 11.9 Å². The smallest absolute Gasteiger partial charge is 0.303 e. The van der Waals surface area contributed by atoms with E-state index in [4.69, 9.17) is 4.74 Å². The fraction of sp³-hybridized carbons (Fsp3) is 0.700. The summed E-state index contributed by atoms with van der Waals surface area (Å²) in [6.45, 7) is 1.79. The predicted molar refractivity (Wildman–Crippen MR) is 66.4 cm³/mol. The van der Waals surface area contributed by atoms with Gasteiger partial charge < -0.3 is 14.5 Å². The Morgan fingerprint density at radius 3 is 2.89 bits per heavy atom. The van der Waals surface area contributed by atoms with Crippen LogP contribution in [0, 0.1) is 0 Å². The van der Waals surface area contributed by atoms with Gasteiger partial charge in [0.2, 0.25) is 4.87 Å². The lowest BCUT2D eigenvalue weighted by Gasteiger charge is -2.52. The molecular formula is C10H12N2O4S2. The lowest BCUT2D eigenvalue weighted by molar-refractivity contribution is -0.165. The fourth-order valence-electron chi connectivity index (χ4n) is 2.67. The molecule has 0 unspecified atom stereocenters. The highest BCUT2D eigenvalue weighted by Gasteiger charge is 2.68. The maximum absolute atomic E-state index is 12.4. The number of rotatable bonds is 1. The van der Waals surface area contributed by atoms with Crippen LogP contribution >= 0.6 is 21.6 Å². The molecule has 98 valence electrons. The third-order valence-electron chi connectivity index (χ3n) is 3.48. The normalized spacial score (nSPS) is 38.1. The quantitative estimate of drug-likeness (QED) is 0.501. The molecule has 4 heterocycles. The third-order valence-corrected chi connectivity index (χ3v) is 6.79. The number of esters is 1. The van der Waals surface area contributed by atoms with Gasteiger partial charge in [0.05, 0.1) is 0 Å². The average molecular weight is 288 g/mol. The largest absolute Gasteiger partial charge is 0.458 e. The van der Waals surface area contributed by atoms with Crippen LogP contribution in [0.25, 0.3) is 0 Å². The second kappa shape index (κ2) is 3.80. The van der Waals surface area contributed by atoms with Gasteiger partial charge in [-0.25, -0.2) is 0 Å². The summed E-state index contributed by atoms with van der Waals surface area (Å²) >= 11 is 0. The molecule has 4 aliphatic rings.